The van der Waals surface area contributed by atoms with Gasteiger partial charge in [0.25, 0.3) is 0 Å². The van der Waals surface area contributed by atoms with Gasteiger partial charge in [0.2, 0.25) is 0 Å². The molecule has 0 amide bonds. The van der Waals surface area contributed by atoms with E-state index in [1.807, 2.05) is 6.07 Å². The van der Waals surface area contributed by atoms with E-state index in [-0.39, 0.29) is 11.8 Å². The molecule has 2 N–H and O–H groups in total. The standard InChI is InChI=1S/C19H22N2O2/c1-2-12-11-21-8-6-13(12)9-18(21)19(23)15-5-7-20-17-4-3-14(22)10-16(15)17/h2-5,7,10,12-13,18-19,22-23H,1,6,8-9,11H2/t12?,13?,18-,19-/m1/s1. The minimum atomic E-state index is -0.559. The summed E-state index contributed by atoms with van der Waals surface area (Å²) in [5, 5.41) is 21.7. The van der Waals surface area contributed by atoms with Gasteiger partial charge < -0.3 is 10.2 Å². The first kappa shape index (κ1) is 14.7. The zero-order valence-electron chi connectivity index (χ0n) is 13.1. The van der Waals surface area contributed by atoms with E-state index in [4.69, 9.17) is 0 Å². The Morgan fingerprint density at radius 2 is 2.22 bits per heavy atom. The maximum absolute atomic E-state index is 11.0. The molecule has 0 radical (unpaired) electrons. The lowest BCUT2D eigenvalue weighted by Gasteiger charge is -2.50. The van der Waals surface area contributed by atoms with Crippen molar-refractivity contribution in [3.63, 3.8) is 0 Å². The van der Waals surface area contributed by atoms with E-state index in [2.05, 4.69) is 22.5 Å². The van der Waals surface area contributed by atoms with Crippen LogP contribution in [0.2, 0.25) is 0 Å². The number of phenolic OH excluding ortho intramolecular Hbond substituents is 1. The van der Waals surface area contributed by atoms with Crippen LogP contribution in [0.15, 0.2) is 43.1 Å². The van der Waals surface area contributed by atoms with Gasteiger partial charge >= 0.3 is 0 Å². The summed E-state index contributed by atoms with van der Waals surface area (Å²) in [6.07, 6.45) is 5.44. The molecule has 0 aliphatic carbocycles. The first-order valence-electron chi connectivity index (χ1n) is 8.29. The van der Waals surface area contributed by atoms with Gasteiger partial charge in [0, 0.05) is 24.2 Å². The van der Waals surface area contributed by atoms with E-state index >= 15 is 0 Å². The third-order valence-electron chi connectivity index (χ3n) is 5.60. The smallest absolute Gasteiger partial charge is 0.116 e. The second kappa shape index (κ2) is 5.62. The van der Waals surface area contributed by atoms with Gasteiger partial charge in [-0.05, 0) is 61.1 Å². The Kier molecular flexibility index (Phi) is 3.58. The first-order chi connectivity index (χ1) is 11.2. The molecule has 5 rings (SSSR count). The molecule has 4 heterocycles. The molecule has 3 aliphatic heterocycles. The fourth-order valence-electron chi connectivity index (χ4n) is 4.33. The van der Waals surface area contributed by atoms with Gasteiger partial charge in [0.05, 0.1) is 11.6 Å². The molecule has 2 aromatic rings. The van der Waals surface area contributed by atoms with Crippen molar-refractivity contribution in [1.29, 1.82) is 0 Å². The molecule has 3 fully saturated rings. The second-order valence-electron chi connectivity index (χ2n) is 6.79. The largest absolute Gasteiger partial charge is 0.508 e. The summed E-state index contributed by atoms with van der Waals surface area (Å²) < 4.78 is 0. The van der Waals surface area contributed by atoms with Crippen molar-refractivity contribution in [3.05, 3.63) is 48.7 Å². The van der Waals surface area contributed by atoms with E-state index in [0.717, 1.165) is 36.0 Å². The van der Waals surface area contributed by atoms with Crippen molar-refractivity contribution in [2.24, 2.45) is 11.8 Å². The maximum atomic E-state index is 11.0. The normalized spacial score (nSPS) is 31.2. The number of aromatic hydroxyl groups is 1. The van der Waals surface area contributed by atoms with Gasteiger partial charge in [-0.2, -0.15) is 0 Å². The number of aliphatic hydroxyl groups excluding tert-OH is 1. The Hall–Kier alpha value is -1.91. The van der Waals surface area contributed by atoms with Crippen LogP contribution in [0.4, 0.5) is 0 Å². The number of aliphatic hydroxyl groups is 1. The summed E-state index contributed by atoms with van der Waals surface area (Å²) in [5.41, 5.74) is 1.66. The molecular weight excluding hydrogens is 288 g/mol. The van der Waals surface area contributed by atoms with Crippen molar-refractivity contribution >= 4 is 10.9 Å². The maximum Gasteiger partial charge on any atom is 0.116 e. The van der Waals surface area contributed by atoms with E-state index in [9.17, 15) is 10.2 Å². The molecule has 4 heteroatoms. The third-order valence-corrected chi connectivity index (χ3v) is 5.60. The van der Waals surface area contributed by atoms with Gasteiger partial charge in [-0.15, -0.1) is 6.58 Å². The summed E-state index contributed by atoms with van der Waals surface area (Å²) in [6, 6.07) is 7.14. The lowest BCUT2D eigenvalue weighted by atomic mass is 9.73. The fraction of sp³-hybridized carbons (Fsp3) is 0.421. The highest BCUT2D eigenvalue weighted by Gasteiger charge is 2.42. The minimum Gasteiger partial charge on any atom is -0.508 e. The first-order valence-corrected chi connectivity index (χ1v) is 8.29. The van der Waals surface area contributed by atoms with E-state index in [1.165, 1.54) is 6.42 Å². The molecule has 5 atom stereocenters. The monoisotopic (exact) mass is 310 g/mol. The number of rotatable bonds is 3. The van der Waals surface area contributed by atoms with Crippen LogP contribution in [-0.2, 0) is 0 Å². The zero-order chi connectivity index (χ0) is 16.0. The lowest BCUT2D eigenvalue weighted by molar-refractivity contribution is -0.0444. The Bertz CT molecular complexity index is 745. The number of piperidine rings is 3. The SMILES string of the molecule is C=CC1CN2CCC1C[C@@H]2[C@H](O)c1ccnc2ccc(O)cc12. The molecule has 2 bridgehead atoms. The minimum absolute atomic E-state index is 0.137. The van der Waals surface area contributed by atoms with Gasteiger partial charge in [0.15, 0.2) is 0 Å². The second-order valence-corrected chi connectivity index (χ2v) is 6.79. The Morgan fingerprint density at radius 3 is 2.96 bits per heavy atom. The van der Waals surface area contributed by atoms with Gasteiger partial charge in [-0.3, -0.25) is 9.88 Å². The molecule has 0 saturated carbocycles. The summed E-state index contributed by atoms with van der Waals surface area (Å²) in [4.78, 5) is 6.73. The van der Waals surface area contributed by atoms with Crippen LogP contribution in [0.1, 0.15) is 24.5 Å². The van der Waals surface area contributed by atoms with Crippen LogP contribution < -0.4 is 0 Å². The lowest BCUT2D eigenvalue weighted by Crippen LogP contribution is -2.54. The Labute approximate surface area is 136 Å². The molecule has 1 aromatic carbocycles. The van der Waals surface area contributed by atoms with Gasteiger partial charge in [-0.25, -0.2) is 0 Å². The van der Waals surface area contributed by atoms with E-state index in [0.29, 0.717) is 11.8 Å². The van der Waals surface area contributed by atoms with Crippen molar-refractivity contribution in [2.45, 2.75) is 25.0 Å². The summed E-state index contributed by atoms with van der Waals surface area (Å²) in [5.74, 6) is 1.38. The number of fused-ring (bicyclic) bond motifs is 4. The number of nitrogens with zero attached hydrogens (tertiary/aromatic N) is 2. The summed E-state index contributed by atoms with van der Waals surface area (Å²) in [7, 11) is 0. The molecule has 3 aliphatic rings. The Morgan fingerprint density at radius 1 is 1.35 bits per heavy atom. The number of hydrogen-bond acceptors (Lipinski definition) is 4. The number of hydrogen-bond donors (Lipinski definition) is 2. The third kappa shape index (κ3) is 2.42. The number of pyridine rings is 1. The van der Waals surface area contributed by atoms with Crippen molar-refractivity contribution in [2.75, 3.05) is 13.1 Å². The van der Waals surface area contributed by atoms with Crippen LogP contribution in [-0.4, -0.2) is 39.2 Å². The highest BCUT2D eigenvalue weighted by Crippen LogP contribution is 2.42. The topological polar surface area (TPSA) is 56.6 Å². The van der Waals surface area contributed by atoms with Crippen LogP contribution in [0.3, 0.4) is 0 Å². The summed E-state index contributed by atoms with van der Waals surface area (Å²) >= 11 is 0. The van der Waals surface area contributed by atoms with Crippen LogP contribution in [0.25, 0.3) is 10.9 Å². The average molecular weight is 310 g/mol. The molecule has 4 nitrogen and oxygen atoms in total. The van der Waals surface area contributed by atoms with Crippen LogP contribution >= 0.6 is 0 Å². The zero-order valence-corrected chi connectivity index (χ0v) is 13.1. The van der Waals surface area contributed by atoms with Crippen LogP contribution in [0.5, 0.6) is 5.75 Å². The van der Waals surface area contributed by atoms with Crippen molar-refractivity contribution < 1.29 is 10.2 Å². The Balaban J connectivity index is 1.69. The van der Waals surface area contributed by atoms with Crippen LogP contribution in [0, 0.1) is 11.8 Å². The molecule has 3 unspecified atom stereocenters. The van der Waals surface area contributed by atoms with Gasteiger partial charge in [-0.1, -0.05) is 6.08 Å². The molecular formula is C19H22N2O2. The molecule has 3 saturated heterocycles. The number of aromatic nitrogens is 1. The fourth-order valence-corrected chi connectivity index (χ4v) is 4.33. The highest BCUT2D eigenvalue weighted by atomic mass is 16.3. The van der Waals surface area contributed by atoms with E-state index < -0.39 is 6.10 Å². The average Bonchev–Trinajstić information content (AvgIpc) is 2.60. The van der Waals surface area contributed by atoms with Crippen molar-refractivity contribution in [3.8, 4) is 5.75 Å². The predicted octanol–water partition coefficient (Wildman–Crippen LogP) is 2.87. The highest BCUT2D eigenvalue weighted by molar-refractivity contribution is 5.83. The molecule has 120 valence electrons. The predicted molar refractivity (Wildman–Crippen MR) is 90.1 cm³/mol. The summed E-state index contributed by atoms with van der Waals surface area (Å²) in [6.45, 7) is 5.99. The van der Waals surface area contributed by atoms with Crippen molar-refractivity contribution in [1.82, 2.24) is 9.88 Å². The number of phenols is 1. The van der Waals surface area contributed by atoms with Gasteiger partial charge in [0.1, 0.15) is 5.75 Å². The molecule has 23 heavy (non-hydrogen) atoms. The molecule has 1 aromatic heterocycles. The molecule has 0 spiro atoms. The number of benzene rings is 1. The quantitative estimate of drug-likeness (QED) is 0.856. The van der Waals surface area contributed by atoms with E-state index in [1.54, 1.807) is 24.4 Å².